The molecule has 1 N–H and O–H groups in total. The van der Waals surface area contributed by atoms with Gasteiger partial charge in [0.25, 0.3) is 0 Å². The van der Waals surface area contributed by atoms with Gasteiger partial charge in [-0.25, -0.2) is 4.98 Å². The molecule has 1 aromatic heterocycles. The van der Waals surface area contributed by atoms with E-state index in [0.29, 0.717) is 0 Å². The summed E-state index contributed by atoms with van der Waals surface area (Å²) in [5.74, 6) is 1.04. The number of hydrogen-bond acceptors (Lipinski definition) is 3. The van der Waals surface area contributed by atoms with E-state index in [0.717, 1.165) is 11.5 Å². The first-order valence-electron chi connectivity index (χ1n) is 5.85. The minimum atomic E-state index is -2.80. The van der Waals surface area contributed by atoms with Gasteiger partial charge in [0.2, 0.25) is 0 Å². The van der Waals surface area contributed by atoms with Crippen molar-refractivity contribution in [3.05, 3.63) is 42.5 Å². The SMILES string of the molecule is CC(Nc1ccc(OC(F)F)cc1)c1nccn1C. The second-order valence-electron chi connectivity index (χ2n) is 4.17. The van der Waals surface area contributed by atoms with Gasteiger partial charge in [0, 0.05) is 25.1 Å². The molecule has 0 radical (unpaired) electrons. The summed E-state index contributed by atoms with van der Waals surface area (Å²) in [7, 11) is 1.92. The summed E-state index contributed by atoms with van der Waals surface area (Å²) >= 11 is 0. The normalized spacial score (nSPS) is 12.5. The van der Waals surface area contributed by atoms with Gasteiger partial charge in [-0.2, -0.15) is 8.78 Å². The van der Waals surface area contributed by atoms with Gasteiger partial charge in [0.1, 0.15) is 11.6 Å². The number of benzene rings is 1. The molecule has 0 aliphatic carbocycles. The van der Waals surface area contributed by atoms with Crippen molar-refractivity contribution in [2.75, 3.05) is 5.32 Å². The molecule has 2 aromatic rings. The number of alkyl halides is 2. The molecule has 19 heavy (non-hydrogen) atoms. The van der Waals surface area contributed by atoms with E-state index in [2.05, 4.69) is 15.0 Å². The lowest BCUT2D eigenvalue weighted by Crippen LogP contribution is -2.11. The van der Waals surface area contributed by atoms with Gasteiger partial charge < -0.3 is 14.6 Å². The maximum atomic E-state index is 12.0. The van der Waals surface area contributed by atoms with Crippen LogP contribution in [-0.4, -0.2) is 16.2 Å². The molecule has 0 amide bonds. The third-order valence-electron chi connectivity index (χ3n) is 2.71. The van der Waals surface area contributed by atoms with Crippen molar-refractivity contribution >= 4 is 5.69 Å². The fourth-order valence-electron chi connectivity index (χ4n) is 1.84. The van der Waals surface area contributed by atoms with E-state index in [1.165, 1.54) is 12.1 Å². The minimum absolute atomic E-state index is 0.0156. The minimum Gasteiger partial charge on any atom is -0.435 e. The molecule has 6 heteroatoms. The van der Waals surface area contributed by atoms with Crippen molar-refractivity contribution in [3.63, 3.8) is 0 Å². The topological polar surface area (TPSA) is 39.1 Å². The first-order chi connectivity index (χ1) is 9.06. The molecule has 0 fully saturated rings. The highest BCUT2D eigenvalue weighted by molar-refractivity contribution is 5.47. The lowest BCUT2D eigenvalue weighted by Gasteiger charge is -2.15. The van der Waals surface area contributed by atoms with Crippen molar-refractivity contribution in [1.29, 1.82) is 0 Å². The molecule has 1 unspecified atom stereocenters. The Labute approximate surface area is 110 Å². The number of rotatable bonds is 5. The van der Waals surface area contributed by atoms with E-state index in [1.807, 2.05) is 24.7 Å². The van der Waals surface area contributed by atoms with Crippen LogP contribution in [0.25, 0.3) is 0 Å². The van der Waals surface area contributed by atoms with E-state index < -0.39 is 6.61 Å². The molecule has 0 aliphatic heterocycles. The number of aryl methyl sites for hydroxylation is 1. The summed E-state index contributed by atoms with van der Waals surface area (Å²) in [5.41, 5.74) is 0.817. The molecule has 1 aromatic carbocycles. The second kappa shape index (κ2) is 5.69. The van der Waals surface area contributed by atoms with Crippen LogP contribution in [0, 0.1) is 0 Å². The average molecular weight is 267 g/mol. The van der Waals surface area contributed by atoms with Gasteiger partial charge in [0.05, 0.1) is 6.04 Å². The third-order valence-corrected chi connectivity index (χ3v) is 2.71. The largest absolute Gasteiger partial charge is 0.435 e. The van der Waals surface area contributed by atoms with Crippen molar-refractivity contribution in [1.82, 2.24) is 9.55 Å². The van der Waals surface area contributed by atoms with Gasteiger partial charge in [-0.15, -0.1) is 0 Å². The monoisotopic (exact) mass is 267 g/mol. The molecule has 0 aliphatic rings. The second-order valence-corrected chi connectivity index (χ2v) is 4.17. The Kier molecular flexibility index (Phi) is 3.99. The van der Waals surface area contributed by atoms with Crippen LogP contribution in [-0.2, 0) is 7.05 Å². The molecule has 0 saturated carbocycles. The molecule has 1 atom stereocenters. The highest BCUT2D eigenvalue weighted by Gasteiger charge is 2.10. The first kappa shape index (κ1) is 13.3. The Morgan fingerprint density at radius 2 is 1.95 bits per heavy atom. The zero-order chi connectivity index (χ0) is 13.8. The Balaban J connectivity index is 2.01. The fraction of sp³-hybridized carbons (Fsp3) is 0.308. The van der Waals surface area contributed by atoms with Crippen LogP contribution in [0.1, 0.15) is 18.8 Å². The van der Waals surface area contributed by atoms with Gasteiger partial charge in [-0.3, -0.25) is 0 Å². The summed E-state index contributed by atoms with van der Waals surface area (Å²) in [5, 5.41) is 3.24. The van der Waals surface area contributed by atoms with Gasteiger partial charge >= 0.3 is 6.61 Å². The molecule has 0 saturated heterocycles. The molecule has 0 bridgehead atoms. The zero-order valence-corrected chi connectivity index (χ0v) is 10.7. The van der Waals surface area contributed by atoms with Gasteiger partial charge in [-0.05, 0) is 31.2 Å². The van der Waals surface area contributed by atoms with Gasteiger partial charge in [-0.1, -0.05) is 0 Å². The predicted octanol–water partition coefficient (Wildman–Crippen LogP) is 3.19. The van der Waals surface area contributed by atoms with E-state index in [9.17, 15) is 8.78 Å². The standard InChI is InChI=1S/C13H15F2N3O/c1-9(12-16-7-8-18(12)2)17-10-3-5-11(6-4-10)19-13(14)15/h3-9,13,17H,1-2H3. The molecule has 4 nitrogen and oxygen atoms in total. The number of ether oxygens (including phenoxy) is 1. The Bertz CT molecular complexity index is 525. The number of hydrogen-bond donors (Lipinski definition) is 1. The third kappa shape index (κ3) is 3.43. The van der Waals surface area contributed by atoms with Crippen LogP contribution in [0.15, 0.2) is 36.7 Å². The molecular formula is C13H15F2N3O. The number of imidazole rings is 1. The number of nitrogens with one attached hydrogen (secondary N) is 1. The summed E-state index contributed by atoms with van der Waals surface area (Å²) in [4.78, 5) is 4.25. The number of anilines is 1. The molecular weight excluding hydrogens is 252 g/mol. The first-order valence-corrected chi connectivity index (χ1v) is 5.85. The number of aromatic nitrogens is 2. The van der Waals surface area contributed by atoms with Crippen molar-refractivity contribution in [3.8, 4) is 5.75 Å². The van der Waals surface area contributed by atoms with Gasteiger partial charge in [0.15, 0.2) is 0 Å². The lowest BCUT2D eigenvalue weighted by atomic mass is 10.2. The quantitative estimate of drug-likeness (QED) is 0.904. The summed E-state index contributed by atoms with van der Waals surface area (Å²) in [6.07, 6.45) is 3.60. The van der Waals surface area contributed by atoms with E-state index in [4.69, 9.17) is 0 Å². The molecule has 2 rings (SSSR count). The molecule has 1 heterocycles. The lowest BCUT2D eigenvalue weighted by molar-refractivity contribution is -0.0498. The Morgan fingerprint density at radius 3 is 2.47 bits per heavy atom. The highest BCUT2D eigenvalue weighted by atomic mass is 19.3. The van der Waals surface area contributed by atoms with Crippen LogP contribution in [0.3, 0.4) is 0 Å². The Hall–Kier alpha value is -2.11. The molecule has 0 spiro atoms. The van der Waals surface area contributed by atoms with Crippen LogP contribution in [0.5, 0.6) is 5.75 Å². The smallest absolute Gasteiger partial charge is 0.387 e. The number of nitrogens with zero attached hydrogens (tertiary/aromatic N) is 2. The summed E-state index contributed by atoms with van der Waals surface area (Å²) in [6.45, 7) is -0.823. The number of halogens is 2. The Morgan fingerprint density at radius 1 is 1.26 bits per heavy atom. The fourth-order valence-corrected chi connectivity index (χ4v) is 1.84. The van der Waals surface area contributed by atoms with Crippen LogP contribution >= 0.6 is 0 Å². The predicted molar refractivity (Wildman–Crippen MR) is 68.3 cm³/mol. The van der Waals surface area contributed by atoms with Crippen molar-refractivity contribution < 1.29 is 13.5 Å². The van der Waals surface area contributed by atoms with E-state index in [-0.39, 0.29) is 11.8 Å². The van der Waals surface area contributed by atoms with E-state index >= 15 is 0 Å². The van der Waals surface area contributed by atoms with E-state index in [1.54, 1.807) is 18.3 Å². The zero-order valence-electron chi connectivity index (χ0n) is 10.7. The van der Waals surface area contributed by atoms with Crippen molar-refractivity contribution in [2.24, 2.45) is 7.05 Å². The van der Waals surface area contributed by atoms with Crippen LogP contribution in [0.4, 0.5) is 14.5 Å². The maximum absolute atomic E-state index is 12.0. The summed E-state index contributed by atoms with van der Waals surface area (Å²) in [6, 6.07) is 6.40. The van der Waals surface area contributed by atoms with Crippen LogP contribution < -0.4 is 10.1 Å². The van der Waals surface area contributed by atoms with Crippen LogP contribution in [0.2, 0.25) is 0 Å². The van der Waals surface area contributed by atoms with Crippen molar-refractivity contribution in [2.45, 2.75) is 19.6 Å². The molecule has 102 valence electrons. The highest BCUT2D eigenvalue weighted by Crippen LogP contribution is 2.21. The maximum Gasteiger partial charge on any atom is 0.387 e. The average Bonchev–Trinajstić information content (AvgIpc) is 2.77. The summed E-state index contributed by atoms with van der Waals surface area (Å²) < 4.78 is 30.2.